The Bertz CT molecular complexity index is 500. The molecule has 1 atom stereocenters. The van der Waals surface area contributed by atoms with Crippen molar-refractivity contribution in [3.05, 3.63) is 35.5 Å². The number of unbranched alkanes of at least 4 members (excludes halogenated alkanes) is 4. The van der Waals surface area contributed by atoms with Crippen LogP contribution in [0, 0.1) is 5.92 Å². The van der Waals surface area contributed by atoms with Gasteiger partial charge in [-0.1, -0.05) is 69.4 Å². The zero-order valence-electron chi connectivity index (χ0n) is 15.2. The van der Waals surface area contributed by atoms with Gasteiger partial charge in [0.05, 0.1) is 18.8 Å². The molecule has 0 aromatic carbocycles. The minimum Gasteiger partial charge on any atom is -0.465 e. The maximum atomic E-state index is 12.4. The minimum absolute atomic E-state index is 0.347. The first-order valence-electron chi connectivity index (χ1n) is 9.00. The van der Waals surface area contributed by atoms with Crippen LogP contribution in [0.25, 0.3) is 0 Å². The van der Waals surface area contributed by atoms with Gasteiger partial charge < -0.3 is 9.47 Å². The van der Waals surface area contributed by atoms with Crippen LogP contribution in [0.3, 0.4) is 0 Å². The average Bonchev–Trinajstić information content (AvgIpc) is 2.77. The van der Waals surface area contributed by atoms with Crippen LogP contribution in [0.4, 0.5) is 0 Å². The van der Waals surface area contributed by atoms with Crippen LogP contribution in [0.1, 0.15) is 59.3 Å². The molecule has 1 unspecified atom stereocenters. The largest absolute Gasteiger partial charge is 0.465 e. The predicted octanol–water partition coefficient (Wildman–Crippen LogP) is 4.51. The van der Waals surface area contributed by atoms with E-state index in [0.717, 1.165) is 44.1 Å². The SMILES string of the molecule is CCCCCOC(=O)C1=CC=CC(C)=CC1C(=O)OCCCCC. The second-order valence-electron chi connectivity index (χ2n) is 6.09. The second-order valence-corrected chi connectivity index (χ2v) is 6.09. The first-order valence-corrected chi connectivity index (χ1v) is 9.00. The van der Waals surface area contributed by atoms with Crippen molar-refractivity contribution in [3.8, 4) is 0 Å². The van der Waals surface area contributed by atoms with E-state index in [0.29, 0.717) is 18.8 Å². The molecule has 0 saturated carbocycles. The Balaban J connectivity index is 2.70. The third-order valence-electron chi connectivity index (χ3n) is 3.86. The lowest BCUT2D eigenvalue weighted by atomic mass is 9.97. The highest BCUT2D eigenvalue weighted by molar-refractivity contribution is 5.97. The fourth-order valence-electron chi connectivity index (χ4n) is 2.42. The van der Waals surface area contributed by atoms with E-state index in [1.165, 1.54) is 0 Å². The van der Waals surface area contributed by atoms with Gasteiger partial charge in [0.25, 0.3) is 0 Å². The molecule has 1 aliphatic carbocycles. The van der Waals surface area contributed by atoms with Gasteiger partial charge in [-0.3, -0.25) is 4.79 Å². The molecular weight excluding hydrogens is 304 g/mol. The standard InChI is InChI=1S/C20H30O4/c1-4-6-8-13-23-19(21)17-12-10-11-16(3)15-18(17)20(22)24-14-9-7-5-2/h10-12,15,18H,4-9,13-14H2,1-3H3. The molecule has 0 bridgehead atoms. The molecule has 1 rings (SSSR count). The van der Waals surface area contributed by atoms with Crippen molar-refractivity contribution in [3.63, 3.8) is 0 Å². The number of carbonyl (C=O) groups is 2. The van der Waals surface area contributed by atoms with Gasteiger partial charge in [0, 0.05) is 0 Å². The number of hydrogen-bond donors (Lipinski definition) is 0. The summed E-state index contributed by atoms with van der Waals surface area (Å²) >= 11 is 0. The third kappa shape index (κ3) is 7.16. The molecule has 0 radical (unpaired) electrons. The molecule has 0 fully saturated rings. The summed E-state index contributed by atoms with van der Waals surface area (Å²) in [4.78, 5) is 24.8. The molecule has 1 aliphatic rings. The normalized spacial score (nSPS) is 16.9. The van der Waals surface area contributed by atoms with Gasteiger partial charge in [0.2, 0.25) is 0 Å². The Labute approximate surface area is 145 Å². The van der Waals surface area contributed by atoms with E-state index in [1.807, 2.05) is 13.0 Å². The van der Waals surface area contributed by atoms with Crippen molar-refractivity contribution >= 4 is 11.9 Å². The van der Waals surface area contributed by atoms with Crippen molar-refractivity contribution in [2.45, 2.75) is 59.3 Å². The second kappa shape index (κ2) is 11.7. The molecule has 0 amide bonds. The minimum atomic E-state index is -0.694. The highest BCUT2D eigenvalue weighted by Crippen LogP contribution is 2.22. The van der Waals surface area contributed by atoms with E-state index in [9.17, 15) is 9.59 Å². The average molecular weight is 334 g/mol. The zero-order chi connectivity index (χ0) is 17.8. The topological polar surface area (TPSA) is 52.6 Å². The van der Waals surface area contributed by atoms with Gasteiger partial charge in [-0.25, -0.2) is 4.79 Å². The maximum absolute atomic E-state index is 12.4. The number of rotatable bonds is 10. The third-order valence-corrected chi connectivity index (χ3v) is 3.86. The molecule has 4 heteroatoms. The van der Waals surface area contributed by atoms with Crippen molar-refractivity contribution in [2.24, 2.45) is 5.92 Å². The van der Waals surface area contributed by atoms with E-state index in [2.05, 4.69) is 13.8 Å². The van der Waals surface area contributed by atoms with Crippen LogP contribution in [0.15, 0.2) is 35.5 Å². The molecule has 134 valence electrons. The summed E-state index contributed by atoms with van der Waals surface area (Å²) in [5.41, 5.74) is 1.27. The highest BCUT2D eigenvalue weighted by atomic mass is 16.5. The summed E-state index contributed by atoms with van der Waals surface area (Å²) in [6.45, 7) is 6.87. The highest BCUT2D eigenvalue weighted by Gasteiger charge is 2.28. The number of allylic oxidation sites excluding steroid dienone is 4. The van der Waals surface area contributed by atoms with Gasteiger partial charge in [0.1, 0.15) is 5.92 Å². The van der Waals surface area contributed by atoms with E-state index >= 15 is 0 Å². The maximum Gasteiger partial charge on any atom is 0.335 e. The molecular formula is C20H30O4. The number of carbonyl (C=O) groups excluding carboxylic acids is 2. The first kappa shape index (κ1) is 20.2. The summed E-state index contributed by atoms with van der Waals surface area (Å²) in [6.07, 6.45) is 12.9. The van der Waals surface area contributed by atoms with Crippen molar-refractivity contribution in [1.82, 2.24) is 0 Å². The Morgan fingerprint density at radius 2 is 1.62 bits per heavy atom. The van der Waals surface area contributed by atoms with Gasteiger partial charge in [0.15, 0.2) is 0 Å². The van der Waals surface area contributed by atoms with Crippen molar-refractivity contribution in [2.75, 3.05) is 13.2 Å². The molecule has 24 heavy (non-hydrogen) atoms. The zero-order valence-corrected chi connectivity index (χ0v) is 15.2. The molecule has 0 spiro atoms. The Morgan fingerprint density at radius 3 is 2.25 bits per heavy atom. The fourth-order valence-corrected chi connectivity index (χ4v) is 2.42. The van der Waals surface area contributed by atoms with Crippen LogP contribution >= 0.6 is 0 Å². The summed E-state index contributed by atoms with van der Waals surface area (Å²) in [6, 6.07) is 0. The number of hydrogen-bond acceptors (Lipinski definition) is 4. The lowest BCUT2D eigenvalue weighted by Crippen LogP contribution is -2.24. The monoisotopic (exact) mass is 334 g/mol. The van der Waals surface area contributed by atoms with Crippen LogP contribution < -0.4 is 0 Å². The van der Waals surface area contributed by atoms with Crippen LogP contribution in [-0.4, -0.2) is 25.2 Å². The summed E-state index contributed by atoms with van der Waals surface area (Å²) < 4.78 is 10.7. The predicted molar refractivity (Wildman–Crippen MR) is 95.4 cm³/mol. The Morgan fingerprint density at radius 1 is 1.00 bits per heavy atom. The van der Waals surface area contributed by atoms with Crippen molar-refractivity contribution in [1.29, 1.82) is 0 Å². The molecule has 0 N–H and O–H groups in total. The summed E-state index contributed by atoms with van der Waals surface area (Å²) in [5, 5.41) is 0. The number of ether oxygens (including phenoxy) is 2. The van der Waals surface area contributed by atoms with Gasteiger partial charge >= 0.3 is 11.9 Å². The van der Waals surface area contributed by atoms with E-state index in [4.69, 9.17) is 9.47 Å². The molecule has 0 aromatic rings. The number of esters is 2. The molecule has 0 saturated heterocycles. The van der Waals surface area contributed by atoms with E-state index in [1.54, 1.807) is 18.2 Å². The molecule has 0 aromatic heterocycles. The van der Waals surface area contributed by atoms with Gasteiger partial charge in [-0.05, 0) is 19.8 Å². The fraction of sp³-hybridized carbons (Fsp3) is 0.600. The molecule has 4 nitrogen and oxygen atoms in total. The lowest BCUT2D eigenvalue weighted by Gasteiger charge is -2.15. The smallest absolute Gasteiger partial charge is 0.335 e. The van der Waals surface area contributed by atoms with Crippen LogP contribution in [0.2, 0.25) is 0 Å². The Hall–Kier alpha value is -1.84. The van der Waals surface area contributed by atoms with Crippen LogP contribution in [0.5, 0.6) is 0 Å². The molecule has 0 aliphatic heterocycles. The van der Waals surface area contributed by atoms with Gasteiger partial charge in [-0.15, -0.1) is 0 Å². The quantitative estimate of drug-likeness (QED) is 0.435. The molecule has 0 heterocycles. The Kier molecular flexibility index (Phi) is 9.81. The van der Waals surface area contributed by atoms with Crippen molar-refractivity contribution < 1.29 is 19.1 Å². The van der Waals surface area contributed by atoms with E-state index < -0.39 is 11.9 Å². The summed E-state index contributed by atoms with van der Waals surface area (Å²) in [5.74, 6) is -1.51. The van der Waals surface area contributed by atoms with E-state index in [-0.39, 0.29) is 5.97 Å². The van der Waals surface area contributed by atoms with Crippen LogP contribution in [-0.2, 0) is 19.1 Å². The summed E-state index contributed by atoms with van der Waals surface area (Å²) in [7, 11) is 0. The first-order chi connectivity index (χ1) is 11.6. The lowest BCUT2D eigenvalue weighted by molar-refractivity contribution is -0.149. The van der Waals surface area contributed by atoms with Gasteiger partial charge in [-0.2, -0.15) is 0 Å².